The Balaban J connectivity index is 2.60. The van der Waals surface area contributed by atoms with Crippen LogP contribution in [0.2, 0.25) is 0 Å². The van der Waals surface area contributed by atoms with E-state index in [1.165, 1.54) is 11.1 Å². The molecule has 0 unspecified atom stereocenters. The third kappa shape index (κ3) is 4.15. The van der Waals surface area contributed by atoms with Crippen LogP contribution in [0.25, 0.3) is 0 Å². The van der Waals surface area contributed by atoms with Crippen molar-refractivity contribution in [2.75, 3.05) is 13.2 Å². The van der Waals surface area contributed by atoms with Crippen LogP contribution in [0.3, 0.4) is 0 Å². The van der Waals surface area contributed by atoms with Crippen LogP contribution >= 0.6 is 0 Å². The Labute approximate surface area is 109 Å². The molecule has 2 N–H and O–H groups in total. The van der Waals surface area contributed by atoms with Crippen molar-refractivity contribution in [2.45, 2.75) is 39.0 Å². The number of nitrogens with one attached hydrogen (secondary N) is 1. The van der Waals surface area contributed by atoms with E-state index >= 15 is 0 Å². The minimum absolute atomic E-state index is 0.00529. The van der Waals surface area contributed by atoms with Crippen molar-refractivity contribution in [1.82, 2.24) is 5.32 Å². The van der Waals surface area contributed by atoms with E-state index in [0.717, 1.165) is 0 Å². The Bertz CT molecular complexity index is 399. The molecule has 0 saturated heterocycles. The fraction of sp³-hybridized carbons (Fsp3) is 0.533. The molecule has 0 radical (unpaired) electrons. The van der Waals surface area contributed by atoms with Gasteiger partial charge in [0.15, 0.2) is 0 Å². The topological polar surface area (TPSA) is 49.3 Å². The van der Waals surface area contributed by atoms with Crippen molar-refractivity contribution in [1.29, 1.82) is 0 Å². The third-order valence-corrected chi connectivity index (χ3v) is 3.16. The molecule has 1 rings (SSSR count). The number of hydrogen-bond donors (Lipinski definition) is 2. The molecule has 0 aliphatic carbocycles. The summed E-state index contributed by atoms with van der Waals surface area (Å²) in [4.78, 5) is 11.5. The van der Waals surface area contributed by atoms with E-state index in [2.05, 4.69) is 38.2 Å². The Hall–Kier alpha value is -1.35. The van der Waals surface area contributed by atoms with E-state index < -0.39 is 0 Å². The molecule has 100 valence electrons. The highest BCUT2D eigenvalue weighted by Crippen LogP contribution is 2.25. The molecule has 1 aromatic rings. The predicted octanol–water partition coefficient (Wildman–Crippen LogP) is 2.16. The summed E-state index contributed by atoms with van der Waals surface area (Å²) in [5.41, 5.74) is 2.42. The van der Waals surface area contributed by atoms with Crippen LogP contribution in [-0.4, -0.2) is 24.2 Å². The maximum absolute atomic E-state index is 11.5. The lowest BCUT2D eigenvalue weighted by Crippen LogP contribution is -2.37. The summed E-state index contributed by atoms with van der Waals surface area (Å²) in [5.74, 6) is 0.00529. The van der Waals surface area contributed by atoms with E-state index in [1.807, 2.05) is 12.1 Å². The molecule has 0 spiro atoms. The lowest BCUT2D eigenvalue weighted by molar-refractivity contribution is -0.121. The van der Waals surface area contributed by atoms with Gasteiger partial charge in [0.05, 0.1) is 0 Å². The van der Waals surface area contributed by atoms with Gasteiger partial charge in [-0.25, -0.2) is 0 Å². The Kier molecular flexibility index (Phi) is 5.35. The minimum Gasteiger partial charge on any atom is -0.396 e. The van der Waals surface area contributed by atoms with E-state index in [1.54, 1.807) is 0 Å². The molecule has 0 aliphatic rings. The van der Waals surface area contributed by atoms with E-state index in [0.29, 0.717) is 19.4 Å². The van der Waals surface area contributed by atoms with Gasteiger partial charge in [-0.15, -0.1) is 0 Å². The molecule has 0 atom stereocenters. The molecule has 1 aromatic carbocycles. The smallest absolute Gasteiger partial charge is 0.220 e. The fourth-order valence-electron chi connectivity index (χ4n) is 2.08. The second kappa shape index (κ2) is 6.55. The van der Waals surface area contributed by atoms with Gasteiger partial charge in [0, 0.05) is 25.0 Å². The Morgan fingerprint density at radius 1 is 1.33 bits per heavy atom. The van der Waals surface area contributed by atoms with Gasteiger partial charge in [0.2, 0.25) is 5.91 Å². The summed E-state index contributed by atoms with van der Waals surface area (Å²) in [6.07, 6.45) is 0.914. The number of aliphatic hydroxyl groups is 1. The summed E-state index contributed by atoms with van der Waals surface area (Å²) in [6.45, 7) is 7.02. The molecule has 0 aromatic heterocycles. The number of aliphatic hydroxyl groups excluding tert-OH is 1. The van der Waals surface area contributed by atoms with E-state index in [9.17, 15) is 4.79 Å². The molecule has 0 bridgehead atoms. The predicted molar refractivity (Wildman–Crippen MR) is 73.5 cm³/mol. The zero-order chi connectivity index (χ0) is 13.6. The van der Waals surface area contributed by atoms with Crippen molar-refractivity contribution < 1.29 is 9.90 Å². The van der Waals surface area contributed by atoms with Crippen molar-refractivity contribution in [3.05, 3.63) is 35.4 Å². The highest BCUT2D eigenvalue weighted by atomic mass is 16.3. The third-order valence-electron chi connectivity index (χ3n) is 3.16. The van der Waals surface area contributed by atoms with Gasteiger partial charge in [0.1, 0.15) is 0 Å². The quantitative estimate of drug-likeness (QED) is 0.811. The number of carbonyl (C=O) groups excluding carboxylic acids is 1. The van der Waals surface area contributed by atoms with E-state index in [4.69, 9.17) is 5.11 Å². The normalized spacial score (nSPS) is 11.3. The highest BCUT2D eigenvalue weighted by molar-refractivity contribution is 5.75. The van der Waals surface area contributed by atoms with Gasteiger partial charge in [-0.2, -0.15) is 0 Å². The molecule has 18 heavy (non-hydrogen) atoms. The van der Waals surface area contributed by atoms with Gasteiger partial charge >= 0.3 is 0 Å². The first-order valence-electron chi connectivity index (χ1n) is 6.41. The average molecular weight is 249 g/mol. The van der Waals surface area contributed by atoms with Gasteiger partial charge in [-0.3, -0.25) is 4.79 Å². The van der Waals surface area contributed by atoms with Crippen molar-refractivity contribution >= 4 is 5.91 Å². The summed E-state index contributed by atoms with van der Waals surface area (Å²) in [6, 6.07) is 8.24. The number of aryl methyl sites for hydroxylation is 1. The number of carbonyl (C=O) groups is 1. The highest BCUT2D eigenvalue weighted by Gasteiger charge is 2.22. The monoisotopic (exact) mass is 249 g/mol. The lowest BCUT2D eigenvalue weighted by Gasteiger charge is -2.27. The molecular weight excluding hydrogens is 226 g/mol. The second-order valence-electron chi connectivity index (χ2n) is 5.30. The van der Waals surface area contributed by atoms with Crippen molar-refractivity contribution in [2.24, 2.45) is 0 Å². The molecule has 3 nitrogen and oxygen atoms in total. The molecule has 3 heteroatoms. The first-order chi connectivity index (χ1) is 8.47. The molecule has 1 amide bonds. The van der Waals surface area contributed by atoms with Crippen LogP contribution < -0.4 is 5.32 Å². The maximum atomic E-state index is 11.5. The van der Waals surface area contributed by atoms with Crippen LogP contribution in [0.4, 0.5) is 0 Å². The largest absolute Gasteiger partial charge is 0.396 e. The number of rotatable bonds is 6. The summed E-state index contributed by atoms with van der Waals surface area (Å²) < 4.78 is 0. The summed E-state index contributed by atoms with van der Waals surface area (Å²) in [7, 11) is 0. The van der Waals surface area contributed by atoms with Crippen molar-refractivity contribution in [3.63, 3.8) is 0 Å². The lowest BCUT2D eigenvalue weighted by atomic mass is 9.82. The zero-order valence-electron chi connectivity index (χ0n) is 11.5. The molecular formula is C15H23NO2. The molecule has 0 heterocycles. The van der Waals surface area contributed by atoms with E-state index in [-0.39, 0.29) is 17.9 Å². The number of hydrogen-bond acceptors (Lipinski definition) is 2. The zero-order valence-corrected chi connectivity index (χ0v) is 11.5. The molecule has 0 saturated carbocycles. The van der Waals surface area contributed by atoms with Crippen LogP contribution in [-0.2, 0) is 10.2 Å². The van der Waals surface area contributed by atoms with Crippen LogP contribution in [0.15, 0.2) is 24.3 Å². The van der Waals surface area contributed by atoms with Crippen LogP contribution in [0.5, 0.6) is 0 Å². The fourth-order valence-corrected chi connectivity index (χ4v) is 2.08. The van der Waals surface area contributed by atoms with Crippen LogP contribution in [0, 0.1) is 6.92 Å². The van der Waals surface area contributed by atoms with Gasteiger partial charge < -0.3 is 10.4 Å². The average Bonchev–Trinajstić information content (AvgIpc) is 2.34. The van der Waals surface area contributed by atoms with Gasteiger partial charge in [0.25, 0.3) is 0 Å². The first-order valence-corrected chi connectivity index (χ1v) is 6.41. The summed E-state index contributed by atoms with van der Waals surface area (Å²) >= 11 is 0. The SMILES string of the molecule is Cc1ccccc1C(C)(C)CNC(=O)CCCO. The standard InChI is InChI=1S/C15H23NO2/c1-12-7-4-5-8-13(12)15(2,3)11-16-14(18)9-6-10-17/h4-5,7-8,17H,6,9-11H2,1-3H3,(H,16,18). The Morgan fingerprint density at radius 3 is 2.61 bits per heavy atom. The van der Waals surface area contributed by atoms with Crippen LogP contribution in [0.1, 0.15) is 37.8 Å². The number of benzene rings is 1. The molecule has 0 aliphatic heterocycles. The Morgan fingerprint density at radius 2 is 2.00 bits per heavy atom. The first kappa shape index (κ1) is 14.7. The maximum Gasteiger partial charge on any atom is 0.220 e. The second-order valence-corrected chi connectivity index (χ2v) is 5.30. The van der Waals surface area contributed by atoms with Crippen molar-refractivity contribution in [3.8, 4) is 0 Å². The summed E-state index contributed by atoms with van der Waals surface area (Å²) in [5, 5.41) is 11.6. The number of amides is 1. The van der Waals surface area contributed by atoms with Gasteiger partial charge in [-0.1, -0.05) is 38.1 Å². The minimum atomic E-state index is -0.0831. The van der Waals surface area contributed by atoms with Gasteiger partial charge in [-0.05, 0) is 24.5 Å². The molecule has 0 fully saturated rings.